The highest BCUT2D eigenvalue weighted by Gasteiger charge is 2.06. The van der Waals surface area contributed by atoms with Crippen LogP contribution in [-0.4, -0.2) is 4.57 Å². The molecule has 0 saturated heterocycles. The van der Waals surface area contributed by atoms with E-state index in [1.54, 1.807) is 6.07 Å². The van der Waals surface area contributed by atoms with Gasteiger partial charge in [-0.2, -0.15) is 0 Å². The topological polar surface area (TPSA) is 17.0 Å². The number of rotatable bonds is 5. The first-order chi connectivity index (χ1) is 9.11. The van der Waals surface area contributed by atoms with E-state index in [2.05, 4.69) is 45.0 Å². The van der Waals surface area contributed by atoms with E-state index in [4.69, 9.17) is 0 Å². The minimum Gasteiger partial charge on any atom is -0.379 e. The highest BCUT2D eigenvalue weighted by Crippen LogP contribution is 2.24. The second-order valence-corrected chi connectivity index (χ2v) is 5.48. The summed E-state index contributed by atoms with van der Waals surface area (Å²) in [7, 11) is 0. The van der Waals surface area contributed by atoms with Gasteiger partial charge in [-0.3, -0.25) is 0 Å². The van der Waals surface area contributed by atoms with E-state index in [1.165, 1.54) is 11.8 Å². The van der Waals surface area contributed by atoms with Gasteiger partial charge in [0.05, 0.1) is 11.0 Å². The molecule has 0 aliphatic carbocycles. The number of nitrogens with zero attached hydrogens (tertiary/aromatic N) is 1. The summed E-state index contributed by atoms with van der Waals surface area (Å²) >= 11 is 3.20. The van der Waals surface area contributed by atoms with Crippen LogP contribution in [0.3, 0.4) is 0 Å². The third-order valence-corrected chi connectivity index (χ3v) is 3.72. The number of benzene rings is 1. The lowest BCUT2D eigenvalue weighted by Gasteiger charge is -2.12. The molecule has 0 unspecified atom stereocenters. The Morgan fingerprint density at radius 2 is 2.16 bits per heavy atom. The maximum absolute atomic E-state index is 13.5. The van der Waals surface area contributed by atoms with E-state index < -0.39 is 0 Å². The van der Waals surface area contributed by atoms with E-state index in [0.717, 1.165) is 24.2 Å². The molecule has 0 fully saturated rings. The molecule has 0 bridgehead atoms. The molecule has 102 valence electrons. The average Bonchev–Trinajstić information content (AvgIpc) is 2.80. The Morgan fingerprint density at radius 1 is 1.37 bits per heavy atom. The van der Waals surface area contributed by atoms with Crippen molar-refractivity contribution in [2.24, 2.45) is 0 Å². The largest absolute Gasteiger partial charge is 0.379 e. The molecule has 1 N–H and O–H groups in total. The van der Waals surface area contributed by atoms with Crippen molar-refractivity contribution in [3.8, 4) is 0 Å². The van der Waals surface area contributed by atoms with Crippen molar-refractivity contribution in [3.05, 3.63) is 52.0 Å². The number of hydrogen-bond donors (Lipinski definition) is 1. The minimum absolute atomic E-state index is 0.239. The van der Waals surface area contributed by atoms with Gasteiger partial charge in [-0.25, -0.2) is 4.39 Å². The molecule has 0 amide bonds. The first-order valence-corrected chi connectivity index (χ1v) is 7.24. The van der Waals surface area contributed by atoms with Crippen LogP contribution in [0.25, 0.3) is 0 Å². The maximum atomic E-state index is 13.5. The van der Waals surface area contributed by atoms with Gasteiger partial charge in [-0.1, -0.05) is 6.92 Å². The molecule has 0 saturated carbocycles. The molecule has 1 aromatic carbocycles. The predicted molar refractivity (Wildman–Crippen MR) is 80.9 cm³/mol. The SMILES string of the molecule is CCCn1cccc1CNc1cc(F)c(Br)cc1C. The van der Waals surface area contributed by atoms with Crippen LogP contribution in [0.15, 0.2) is 34.9 Å². The zero-order valence-electron chi connectivity index (χ0n) is 11.2. The van der Waals surface area contributed by atoms with Crippen LogP contribution in [0.4, 0.5) is 10.1 Å². The van der Waals surface area contributed by atoms with Crippen molar-refractivity contribution in [3.63, 3.8) is 0 Å². The third-order valence-electron chi connectivity index (χ3n) is 3.12. The Balaban J connectivity index is 2.10. The predicted octanol–water partition coefficient (Wildman–Crippen LogP) is 4.72. The standard InChI is InChI=1S/C15H18BrFN2/c1-3-6-19-7-4-5-12(19)10-18-15-9-14(17)13(16)8-11(15)2/h4-5,7-9,18H,3,6,10H2,1-2H3. The van der Waals surface area contributed by atoms with Crippen LogP contribution in [0.5, 0.6) is 0 Å². The van der Waals surface area contributed by atoms with Crippen molar-refractivity contribution in [2.45, 2.75) is 33.4 Å². The van der Waals surface area contributed by atoms with Crippen LogP contribution in [0.2, 0.25) is 0 Å². The van der Waals surface area contributed by atoms with E-state index >= 15 is 0 Å². The second kappa shape index (κ2) is 6.24. The summed E-state index contributed by atoms with van der Waals surface area (Å²) in [5.74, 6) is -0.239. The zero-order chi connectivity index (χ0) is 13.8. The Morgan fingerprint density at radius 3 is 2.89 bits per heavy atom. The van der Waals surface area contributed by atoms with E-state index in [9.17, 15) is 4.39 Å². The lowest BCUT2D eigenvalue weighted by molar-refractivity contribution is 0.620. The van der Waals surface area contributed by atoms with Crippen LogP contribution in [0, 0.1) is 12.7 Å². The van der Waals surface area contributed by atoms with Gasteiger partial charge >= 0.3 is 0 Å². The van der Waals surface area contributed by atoms with Gasteiger partial charge in [-0.15, -0.1) is 0 Å². The molecule has 0 spiro atoms. The van der Waals surface area contributed by atoms with Gasteiger partial charge < -0.3 is 9.88 Å². The molecule has 19 heavy (non-hydrogen) atoms. The quantitative estimate of drug-likeness (QED) is 0.842. The molecule has 0 aliphatic rings. The fourth-order valence-electron chi connectivity index (χ4n) is 2.09. The van der Waals surface area contributed by atoms with Gasteiger partial charge in [0.1, 0.15) is 5.82 Å². The summed E-state index contributed by atoms with van der Waals surface area (Å²) in [6, 6.07) is 7.46. The average molecular weight is 325 g/mol. The van der Waals surface area contributed by atoms with Gasteiger partial charge in [-0.05, 0) is 59.1 Å². The summed E-state index contributed by atoms with van der Waals surface area (Å²) < 4.78 is 16.3. The Hall–Kier alpha value is -1.29. The van der Waals surface area contributed by atoms with Crippen molar-refractivity contribution in [1.29, 1.82) is 0 Å². The second-order valence-electron chi connectivity index (χ2n) is 4.63. The lowest BCUT2D eigenvalue weighted by atomic mass is 10.2. The zero-order valence-corrected chi connectivity index (χ0v) is 12.8. The number of halogens is 2. The molecule has 0 aliphatic heterocycles. The Labute approximate surface area is 121 Å². The fraction of sp³-hybridized carbons (Fsp3) is 0.333. The molecule has 1 aromatic heterocycles. The Bertz CT molecular complexity index is 563. The summed E-state index contributed by atoms with van der Waals surface area (Å²) in [4.78, 5) is 0. The lowest BCUT2D eigenvalue weighted by Crippen LogP contribution is -2.08. The molecule has 2 rings (SSSR count). The van der Waals surface area contributed by atoms with E-state index in [1.807, 2.05) is 13.0 Å². The first kappa shape index (κ1) is 14.1. The number of aryl methyl sites for hydroxylation is 2. The molecule has 4 heteroatoms. The minimum atomic E-state index is -0.239. The number of anilines is 1. The summed E-state index contributed by atoms with van der Waals surface area (Å²) in [6.45, 7) is 5.84. The Kier molecular flexibility index (Phi) is 4.64. The highest BCUT2D eigenvalue weighted by atomic mass is 79.9. The van der Waals surface area contributed by atoms with Gasteiger partial charge in [0.2, 0.25) is 0 Å². The van der Waals surface area contributed by atoms with Crippen LogP contribution >= 0.6 is 15.9 Å². The van der Waals surface area contributed by atoms with Crippen molar-refractivity contribution in [1.82, 2.24) is 4.57 Å². The molecule has 0 radical (unpaired) electrons. The molecule has 2 aromatic rings. The summed E-state index contributed by atoms with van der Waals surface area (Å²) in [6.07, 6.45) is 3.18. The van der Waals surface area contributed by atoms with Gasteiger partial charge in [0, 0.05) is 24.1 Å². The number of hydrogen-bond acceptors (Lipinski definition) is 1. The van der Waals surface area contributed by atoms with Crippen LogP contribution in [-0.2, 0) is 13.1 Å². The molecular formula is C15H18BrFN2. The number of aromatic nitrogens is 1. The fourth-order valence-corrected chi connectivity index (χ4v) is 2.55. The normalized spacial score (nSPS) is 10.7. The highest BCUT2D eigenvalue weighted by molar-refractivity contribution is 9.10. The van der Waals surface area contributed by atoms with Crippen molar-refractivity contribution in [2.75, 3.05) is 5.32 Å². The number of nitrogens with one attached hydrogen (secondary N) is 1. The summed E-state index contributed by atoms with van der Waals surface area (Å²) in [5.41, 5.74) is 3.08. The molecular weight excluding hydrogens is 307 g/mol. The monoisotopic (exact) mass is 324 g/mol. The van der Waals surface area contributed by atoms with Crippen molar-refractivity contribution < 1.29 is 4.39 Å². The summed E-state index contributed by atoms with van der Waals surface area (Å²) in [5, 5.41) is 3.30. The smallest absolute Gasteiger partial charge is 0.139 e. The molecule has 2 nitrogen and oxygen atoms in total. The van der Waals surface area contributed by atoms with E-state index in [0.29, 0.717) is 11.0 Å². The van der Waals surface area contributed by atoms with Crippen LogP contribution in [0.1, 0.15) is 24.6 Å². The molecule has 0 atom stereocenters. The van der Waals surface area contributed by atoms with Gasteiger partial charge in [0.25, 0.3) is 0 Å². The maximum Gasteiger partial charge on any atom is 0.139 e. The first-order valence-electron chi connectivity index (χ1n) is 6.45. The van der Waals surface area contributed by atoms with Crippen LogP contribution < -0.4 is 5.32 Å². The van der Waals surface area contributed by atoms with Gasteiger partial charge in [0.15, 0.2) is 0 Å². The van der Waals surface area contributed by atoms with E-state index in [-0.39, 0.29) is 5.82 Å². The molecule has 1 heterocycles. The van der Waals surface area contributed by atoms with Crippen molar-refractivity contribution >= 4 is 21.6 Å². The third kappa shape index (κ3) is 3.38.